The molecule has 0 radical (unpaired) electrons. The van der Waals surface area contributed by atoms with E-state index < -0.39 is 0 Å². The molecule has 0 atom stereocenters. The van der Waals surface area contributed by atoms with Gasteiger partial charge in [-0.05, 0) is 42.2 Å². The largest absolute Gasteiger partial charge is 0.494 e. The van der Waals surface area contributed by atoms with Gasteiger partial charge in [-0.15, -0.1) is 11.8 Å². The van der Waals surface area contributed by atoms with Crippen LogP contribution in [0.2, 0.25) is 0 Å². The molecule has 1 fully saturated rings. The van der Waals surface area contributed by atoms with E-state index in [1.54, 1.807) is 30.2 Å². The summed E-state index contributed by atoms with van der Waals surface area (Å²) in [6, 6.07) is 13.9. The quantitative estimate of drug-likeness (QED) is 0.581. The molecule has 146 valence electrons. The Morgan fingerprint density at radius 2 is 1.89 bits per heavy atom. The Kier molecular flexibility index (Phi) is 5.73. The summed E-state index contributed by atoms with van der Waals surface area (Å²) in [7, 11) is 1.67. The lowest BCUT2D eigenvalue weighted by atomic mass is 10.2. The standard InChI is InChI=1S/C21H23N3O2S2/c1-3-27-16-9-7-15(8-10-16)20(25)23-11-13-24(14-12-23)21-22-19-17(26-2)5-4-6-18(19)28-21/h4-10H,3,11-14H2,1-2H3. The van der Waals surface area contributed by atoms with E-state index in [1.807, 2.05) is 41.3 Å². The molecule has 0 bridgehead atoms. The Hall–Kier alpha value is -2.25. The Morgan fingerprint density at radius 3 is 2.57 bits per heavy atom. The highest BCUT2D eigenvalue weighted by Gasteiger charge is 2.24. The third-order valence-corrected chi connectivity index (χ3v) is 6.82. The predicted octanol–water partition coefficient (Wildman–Crippen LogP) is 4.38. The highest BCUT2D eigenvalue weighted by Crippen LogP contribution is 2.34. The molecule has 1 aromatic heterocycles. The third-order valence-electron chi connectivity index (χ3n) is 4.84. The second-order valence-corrected chi connectivity index (χ2v) is 8.89. The molecule has 1 aliphatic rings. The summed E-state index contributed by atoms with van der Waals surface area (Å²) in [4.78, 5) is 23.0. The number of rotatable bonds is 5. The Balaban J connectivity index is 1.42. The van der Waals surface area contributed by atoms with Crippen LogP contribution in [0, 0.1) is 0 Å². The number of methoxy groups -OCH3 is 1. The zero-order valence-electron chi connectivity index (χ0n) is 16.1. The average molecular weight is 414 g/mol. The van der Waals surface area contributed by atoms with Crippen molar-refractivity contribution in [1.29, 1.82) is 0 Å². The van der Waals surface area contributed by atoms with Gasteiger partial charge in [0.05, 0.1) is 11.8 Å². The molecule has 0 unspecified atom stereocenters. The monoisotopic (exact) mass is 413 g/mol. The van der Waals surface area contributed by atoms with Crippen LogP contribution in [0.4, 0.5) is 5.13 Å². The van der Waals surface area contributed by atoms with Gasteiger partial charge in [-0.1, -0.05) is 24.3 Å². The van der Waals surface area contributed by atoms with Gasteiger partial charge in [-0.2, -0.15) is 0 Å². The van der Waals surface area contributed by atoms with Crippen molar-refractivity contribution >= 4 is 44.4 Å². The fraction of sp³-hybridized carbons (Fsp3) is 0.333. The zero-order valence-corrected chi connectivity index (χ0v) is 17.7. The van der Waals surface area contributed by atoms with Crippen molar-refractivity contribution in [2.45, 2.75) is 11.8 Å². The Bertz CT molecular complexity index is 963. The number of ether oxygens (including phenoxy) is 1. The number of benzene rings is 2. The van der Waals surface area contributed by atoms with Gasteiger partial charge in [0.2, 0.25) is 0 Å². The minimum Gasteiger partial charge on any atom is -0.494 e. The highest BCUT2D eigenvalue weighted by molar-refractivity contribution is 7.99. The summed E-state index contributed by atoms with van der Waals surface area (Å²) >= 11 is 3.46. The van der Waals surface area contributed by atoms with E-state index in [0.29, 0.717) is 13.1 Å². The van der Waals surface area contributed by atoms with Gasteiger partial charge in [0.15, 0.2) is 5.13 Å². The van der Waals surface area contributed by atoms with Crippen LogP contribution < -0.4 is 9.64 Å². The molecule has 0 spiro atoms. The Labute approximate surface area is 173 Å². The van der Waals surface area contributed by atoms with Crippen LogP contribution in [-0.4, -0.2) is 54.8 Å². The first-order valence-electron chi connectivity index (χ1n) is 9.40. The average Bonchev–Trinajstić information content (AvgIpc) is 3.18. The molecular weight excluding hydrogens is 390 g/mol. The molecule has 2 heterocycles. The number of hydrogen-bond donors (Lipinski definition) is 0. The van der Waals surface area contributed by atoms with Crippen LogP contribution >= 0.6 is 23.1 Å². The first-order chi connectivity index (χ1) is 13.7. The van der Waals surface area contributed by atoms with Crippen LogP contribution in [-0.2, 0) is 0 Å². The molecule has 28 heavy (non-hydrogen) atoms. The number of thiazole rings is 1. The molecule has 1 aliphatic heterocycles. The lowest BCUT2D eigenvalue weighted by Gasteiger charge is -2.34. The van der Waals surface area contributed by atoms with Crippen LogP contribution in [0.15, 0.2) is 47.4 Å². The molecule has 0 saturated carbocycles. The minimum absolute atomic E-state index is 0.110. The van der Waals surface area contributed by atoms with Crippen molar-refractivity contribution < 1.29 is 9.53 Å². The zero-order chi connectivity index (χ0) is 19.5. The fourth-order valence-corrected chi connectivity index (χ4v) is 5.05. The maximum absolute atomic E-state index is 12.8. The lowest BCUT2D eigenvalue weighted by Crippen LogP contribution is -2.48. The van der Waals surface area contributed by atoms with E-state index in [9.17, 15) is 4.79 Å². The highest BCUT2D eigenvalue weighted by atomic mass is 32.2. The Morgan fingerprint density at radius 1 is 1.14 bits per heavy atom. The molecular formula is C21H23N3O2S2. The summed E-state index contributed by atoms with van der Waals surface area (Å²) < 4.78 is 6.54. The number of para-hydroxylation sites is 1. The van der Waals surface area contributed by atoms with E-state index in [-0.39, 0.29) is 5.91 Å². The number of carbonyl (C=O) groups is 1. The number of fused-ring (bicyclic) bond motifs is 1. The number of amides is 1. The molecule has 0 N–H and O–H groups in total. The van der Waals surface area contributed by atoms with Gasteiger partial charge >= 0.3 is 0 Å². The molecule has 4 rings (SSSR count). The molecule has 0 aliphatic carbocycles. The van der Waals surface area contributed by atoms with E-state index >= 15 is 0 Å². The van der Waals surface area contributed by atoms with Crippen molar-refractivity contribution in [1.82, 2.24) is 9.88 Å². The van der Waals surface area contributed by atoms with Crippen molar-refractivity contribution in [2.75, 3.05) is 43.9 Å². The molecule has 2 aromatic carbocycles. The molecule has 5 nitrogen and oxygen atoms in total. The van der Waals surface area contributed by atoms with Crippen LogP contribution in [0.1, 0.15) is 17.3 Å². The van der Waals surface area contributed by atoms with Crippen LogP contribution in [0.5, 0.6) is 5.75 Å². The second kappa shape index (κ2) is 8.41. The molecule has 3 aromatic rings. The normalized spacial score (nSPS) is 14.5. The number of hydrogen-bond acceptors (Lipinski definition) is 6. The fourth-order valence-electron chi connectivity index (χ4n) is 3.36. The number of aromatic nitrogens is 1. The maximum atomic E-state index is 12.8. The summed E-state index contributed by atoms with van der Waals surface area (Å²) in [6.45, 7) is 5.12. The van der Waals surface area contributed by atoms with Crippen molar-refractivity contribution in [3.05, 3.63) is 48.0 Å². The smallest absolute Gasteiger partial charge is 0.253 e. The van der Waals surface area contributed by atoms with Crippen molar-refractivity contribution in [3.63, 3.8) is 0 Å². The SMILES string of the molecule is CCSc1ccc(C(=O)N2CCN(c3nc4c(OC)cccc4s3)CC2)cc1. The number of thioether (sulfide) groups is 1. The molecule has 1 saturated heterocycles. The number of anilines is 1. The van der Waals surface area contributed by atoms with Crippen molar-refractivity contribution in [3.8, 4) is 5.75 Å². The molecule has 1 amide bonds. The maximum Gasteiger partial charge on any atom is 0.253 e. The van der Waals surface area contributed by atoms with Gasteiger partial charge in [-0.25, -0.2) is 4.98 Å². The predicted molar refractivity (Wildman–Crippen MR) is 117 cm³/mol. The van der Waals surface area contributed by atoms with Gasteiger partial charge in [0, 0.05) is 36.6 Å². The van der Waals surface area contributed by atoms with E-state index in [0.717, 1.165) is 45.5 Å². The van der Waals surface area contributed by atoms with Gasteiger partial charge in [0.25, 0.3) is 5.91 Å². The van der Waals surface area contributed by atoms with E-state index in [1.165, 1.54) is 4.90 Å². The third kappa shape index (κ3) is 3.82. The van der Waals surface area contributed by atoms with Gasteiger partial charge in [0.1, 0.15) is 11.3 Å². The number of carbonyl (C=O) groups excluding carboxylic acids is 1. The molecule has 7 heteroatoms. The first-order valence-corrected chi connectivity index (χ1v) is 11.2. The number of nitrogens with zero attached hydrogens (tertiary/aromatic N) is 3. The summed E-state index contributed by atoms with van der Waals surface area (Å²) in [5, 5.41) is 0.993. The van der Waals surface area contributed by atoms with Crippen LogP contribution in [0.3, 0.4) is 0 Å². The topological polar surface area (TPSA) is 45.7 Å². The van der Waals surface area contributed by atoms with Gasteiger partial charge < -0.3 is 14.5 Å². The summed E-state index contributed by atoms with van der Waals surface area (Å²) in [6.07, 6.45) is 0. The first kappa shape index (κ1) is 19.1. The van der Waals surface area contributed by atoms with Gasteiger partial charge in [-0.3, -0.25) is 4.79 Å². The minimum atomic E-state index is 0.110. The van der Waals surface area contributed by atoms with E-state index in [2.05, 4.69) is 17.9 Å². The summed E-state index contributed by atoms with van der Waals surface area (Å²) in [5.74, 6) is 1.95. The summed E-state index contributed by atoms with van der Waals surface area (Å²) in [5.41, 5.74) is 1.67. The van der Waals surface area contributed by atoms with Crippen LogP contribution in [0.25, 0.3) is 10.2 Å². The second-order valence-electron chi connectivity index (χ2n) is 6.54. The van der Waals surface area contributed by atoms with Crippen molar-refractivity contribution in [2.24, 2.45) is 0 Å². The van der Waals surface area contributed by atoms with E-state index in [4.69, 9.17) is 9.72 Å². The number of piperazine rings is 1. The lowest BCUT2D eigenvalue weighted by molar-refractivity contribution is 0.0746.